The molecule has 0 unspecified atom stereocenters. The minimum atomic E-state index is -0.511. The molecule has 0 spiro atoms. The van der Waals surface area contributed by atoms with Gasteiger partial charge in [-0.1, -0.05) is 18.2 Å². The quantitative estimate of drug-likeness (QED) is 0.339. The fourth-order valence-electron chi connectivity index (χ4n) is 2.32. The lowest BCUT2D eigenvalue weighted by atomic mass is 10.1. The first-order valence-corrected chi connectivity index (χ1v) is 9.43. The predicted octanol–water partition coefficient (Wildman–Crippen LogP) is 2.67. The molecule has 0 fully saturated rings. The highest BCUT2D eigenvalue weighted by molar-refractivity contribution is 6.31. The molecule has 2 aromatic rings. The molecule has 0 radical (unpaired) electrons. The normalized spacial score (nSPS) is 11.7. The Balaban J connectivity index is 2.09. The molecule has 8 nitrogen and oxygen atoms in total. The number of rotatable bonds is 10. The van der Waals surface area contributed by atoms with E-state index in [9.17, 15) is 9.18 Å². The Morgan fingerprint density at radius 2 is 2.00 bits per heavy atom. The second-order valence-corrected chi connectivity index (χ2v) is 6.58. The SMILES string of the molecule is C=C(/N=C\C(=C(/N)NCCCNC(C)=O)c1cncnc1)Nc1ccc(F)c(Cl)c1. The smallest absolute Gasteiger partial charge is 0.216 e. The third kappa shape index (κ3) is 7.51. The van der Waals surface area contributed by atoms with Gasteiger partial charge >= 0.3 is 0 Å². The number of carbonyl (C=O) groups excluding carboxylic acids is 1. The highest BCUT2D eigenvalue weighted by atomic mass is 35.5. The summed E-state index contributed by atoms with van der Waals surface area (Å²) in [5.41, 5.74) is 7.96. The van der Waals surface area contributed by atoms with Crippen molar-refractivity contribution in [2.24, 2.45) is 10.7 Å². The van der Waals surface area contributed by atoms with Crippen molar-refractivity contribution in [3.05, 3.63) is 71.5 Å². The van der Waals surface area contributed by atoms with Gasteiger partial charge in [-0.05, 0) is 24.6 Å². The van der Waals surface area contributed by atoms with Gasteiger partial charge < -0.3 is 21.7 Å². The summed E-state index contributed by atoms with van der Waals surface area (Å²) in [6, 6.07) is 4.20. The molecule has 158 valence electrons. The molecule has 30 heavy (non-hydrogen) atoms. The molecule has 0 aliphatic carbocycles. The molecule has 2 rings (SSSR count). The zero-order chi connectivity index (χ0) is 21.9. The maximum absolute atomic E-state index is 13.3. The lowest BCUT2D eigenvalue weighted by Gasteiger charge is -2.11. The van der Waals surface area contributed by atoms with E-state index in [0.29, 0.717) is 48.0 Å². The van der Waals surface area contributed by atoms with Gasteiger partial charge in [0.25, 0.3) is 0 Å². The van der Waals surface area contributed by atoms with E-state index >= 15 is 0 Å². The van der Waals surface area contributed by atoms with Crippen molar-refractivity contribution in [1.82, 2.24) is 20.6 Å². The van der Waals surface area contributed by atoms with E-state index in [2.05, 4.69) is 37.5 Å². The largest absolute Gasteiger partial charge is 0.385 e. The first-order valence-electron chi connectivity index (χ1n) is 9.05. The highest BCUT2D eigenvalue weighted by Gasteiger charge is 2.07. The average Bonchev–Trinajstić information content (AvgIpc) is 2.71. The van der Waals surface area contributed by atoms with Gasteiger partial charge in [0.15, 0.2) is 0 Å². The van der Waals surface area contributed by atoms with E-state index < -0.39 is 5.82 Å². The van der Waals surface area contributed by atoms with E-state index in [0.717, 1.165) is 0 Å². The predicted molar refractivity (Wildman–Crippen MR) is 117 cm³/mol. The number of nitrogens with one attached hydrogen (secondary N) is 3. The summed E-state index contributed by atoms with van der Waals surface area (Å²) in [5.74, 6) is 0.0729. The summed E-state index contributed by atoms with van der Waals surface area (Å²) in [4.78, 5) is 23.2. The van der Waals surface area contributed by atoms with Crippen LogP contribution in [0.15, 0.2) is 60.1 Å². The second kappa shape index (κ2) is 11.5. The molecule has 0 bridgehead atoms. The van der Waals surface area contributed by atoms with Gasteiger partial charge in [-0.25, -0.2) is 19.4 Å². The van der Waals surface area contributed by atoms with E-state index in [1.54, 1.807) is 12.4 Å². The van der Waals surface area contributed by atoms with E-state index in [1.165, 1.54) is 37.7 Å². The molecule has 1 amide bonds. The van der Waals surface area contributed by atoms with Crippen LogP contribution in [0.4, 0.5) is 10.1 Å². The highest BCUT2D eigenvalue weighted by Crippen LogP contribution is 2.20. The van der Waals surface area contributed by atoms with Crippen molar-refractivity contribution in [3.8, 4) is 0 Å². The molecule has 0 aliphatic heterocycles. The maximum Gasteiger partial charge on any atom is 0.216 e. The van der Waals surface area contributed by atoms with Gasteiger partial charge in [0.1, 0.15) is 23.8 Å². The van der Waals surface area contributed by atoms with E-state index in [-0.39, 0.29) is 10.9 Å². The number of halogens is 2. The van der Waals surface area contributed by atoms with Crippen LogP contribution in [0, 0.1) is 5.82 Å². The number of hydrogen-bond donors (Lipinski definition) is 4. The van der Waals surface area contributed by atoms with Crippen LogP contribution < -0.4 is 21.7 Å². The topological polar surface area (TPSA) is 117 Å². The molecular formula is C20H23ClFN7O. The van der Waals surface area contributed by atoms with Gasteiger partial charge in [-0.3, -0.25) is 4.79 Å². The van der Waals surface area contributed by atoms with Crippen LogP contribution in [-0.2, 0) is 4.79 Å². The summed E-state index contributed by atoms with van der Waals surface area (Å²) in [5, 5.41) is 8.73. The summed E-state index contributed by atoms with van der Waals surface area (Å²) in [6.07, 6.45) is 6.84. The van der Waals surface area contributed by atoms with Crippen molar-refractivity contribution in [2.45, 2.75) is 13.3 Å². The zero-order valence-electron chi connectivity index (χ0n) is 16.5. The van der Waals surface area contributed by atoms with Crippen molar-refractivity contribution in [3.63, 3.8) is 0 Å². The summed E-state index contributed by atoms with van der Waals surface area (Å²) in [7, 11) is 0. The molecule has 0 saturated heterocycles. The number of anilines is 1. The number of aromatic nitrogens is 2. The van der Waals surface area contributed by atoms with E-state index in [1.807, 2.05) is 0 Å². The number of benzene rings is 1. The maximum atomic E-state index is 13.3. The Morgan fingerprint density at radius 3 is 2.67 bits per heavy atom. The number of allylic oxidation sites excluding steroid dienone is 1. The van der Waals surface area contributed by atoms with Crippen molar-refractivity contribution < 1.29 is 9.18 Å². The van der Waals surface area contributed by atoms with Crippen LogP contribution in [0.1, 0.15) is 18.9 Å². The van der Waals surface area contributed by atoms with Crippen molar-refractivity contribution in [2.75, 3.05) is 18.4 Å². The Kier molecular flexibility index (Phi) is 8.76. The molecular weight excluding hydrogens is 409 g/mol. The monoisotopic (exact) mass is 431 g/mol. The first-order chi connectivity index (χ1) is 14.4. The molecule has 1 heterocycles. The van der Waals surface area contributed by atoms with Crippen molar-refractivity contribution in [1.29, 1.82) is 0 Å². The van der Waals surface area contributed by atoms with Gasteiger partial charge in [-0.2, -0.15) is 0 Å². The number of amides is 1. The molecule has 5 N–H and O–H groups in total. The van der Waals surface area contributed by atoms with Crippen molar-refractivity contribution >= 4 is 35.0 Å². The number of nitrogens with two attached hydrogens (primary N) is 1. The minimum Gasteiger partial charge on any atom is -0.385 e. The lowest BCUT2D eigenvalue weighted by molar-refractivity contribution is -0.118. The van der Waals surface area contributed by atoms with Gasteiger partial charge in [-0.15, -0.1) is 0 Å². The van der Waals surface area contributed by atoms with E-state index in [4.69, 9.17) is 17.3 Å². The van der Waals surface area contributed by atoms with Gasteiger partial charge in [0, 0.05) is 55.4 Å². The Labute approximate surface area is 179 Å². The van der Waals surface area contributed by atoms with Crippen LogP contribution in [-0.4, -0.2) is 35.2 Å². The second-order valence-electron chi connectivity index (χ2n) is 6.18. The van der Waals surface area contributed by atoms with Crippen LogP contribution in [0.5, 0.6) is 0 Å². The standard InChI is InChI=1S/C20H23ClFN7O/c1-13(29-16-4-5-19(22)18(21)8-16)28-11-17(15-9-24-12-25-10-15)20(23)27-7-3-6-26-14(2)30/h4-5,8-12,27,29H,1,3,6-7,23H2,2H3,(H,26,30)/b20-17-,28-11-. The molecule has 1 aromatic carbocycles. The molecule has 0 saturated carbocycles. The molecule has 1 aromatic heterocycles. The molecule has 10 heteroatoms. The zero-order valence-corrected chi connectivity index (χ0v) is 17.2. The lowest BCUT2D eigenvalue weighted by Crippen LogP contribution is -2.28. The fraction of sp³-hybridized carbons (Fsp3) is 0.200. The molecule has 0 aliphatic rings. The van der Waals surface area contributed by atoms with Crippen LogP contribution in [0.2, 0.25) is 5.02 Å². The summed E-state index contributed by atoms with van der Waals surface area (Å²) in [6.45, 7) is 6.38. The number of nitrogens with zero attached hydrogens (tertiary/aromatic N) is 3. The number of aliphatic imine (C=N–C) groups is 1. The average molecular weight is 432 g/mol. The summed E-state index contributed by atoms with van der Waals surface area (Å²) >= 11 is 5.78. The first kappa shape index (κ1) is 22.8. The number of carbonyl (C=O) groups is 1. The Bertz CT molecular complexity index is 947. The third-order valence-corrected chi connectivity index (χ3v) is 4.05. The van der Waals surface area contributed by atoms with Crippen LogP contribution in [0.25, 0.3) is 5.57 Å². The Hall–Kier alpha value is -3.46. The van der Waals surface area contributed by atoms with Crippen LogP contribution in [0.3, 0.4) is 0 Å². The Morgan fingerprint density at radius 1 is 1.30 bits per heavy atom. The third-order valence-electron chi connectivity index (χ3n) is 3.76. The summed E-state index contributed by atoms with van der Waals surface area (Å²) < 4.78 is 13.3. The fourth-order valence-corrected chi connectivity index (χ4v) is 2.50. The molecule has 0 atom stereocenters. The van der Waals surface area contributed by atoms with Crippen LogP contribution >= 0.6 is 11.6 Å². The minimum absolute atomic E-state index is 0.00786. The number of hydrogen-bond acceptors (Lipinski definition) is 7. The van der Waals surface area contributed by atoms with Gasteiger partial charge in [0.05, 0.1) is 5.02 Å². The van der Waals surface area contributed by atoms with Gasteiger partial charge in [0.2, 0.25) is 5.91 Å².